The van der Waals surface area contributed by atoms with E-state index < -0.39 is 0 Å². The molecule has 1 atom stereocenters. The number of aliphatic hydroxyl groups excluding tert-OH is 1. The minimum atomic E-state index is 0.346. The van der Waals surface area contributed by atoms with Gasteiger partial charge < -0.3 is 5.11 Å². The van der Waals surface area contributed by atoms with Gasteiger partial charge in [-0.05, 0) is 51.5 Å². The van der Waals surface area contributed by atoms with Gasteiger partial charge >= 0.3 is 0 Å². The highest BCUT2D eigenvalue weighted by Gasteiger charge is 2.32. The molecule has 0 radical (unpaired) electrons. The zero-order valence-electron chi connectivity index (χ0n) is 9.57. The summed E-state index contributed by atoms with van der Waals surface area (Å²) in [7, 11) is 0. The van der Waals surface area contributed by atoms with Crippen LogP contribution in [0.4, 0.5) is 0 Å². The lowest BCUT2D eigenvalue weighted by molar-refractivity contribution is 0.190. The molecule has 0 spiro atoms. The van der Waals surface area contributed by atoms with Crippen molar-refractivity contribution in [1.29, 1.82) is 0 Å². The Kier molecular flexibility index (Phi) is 4.21. The van der Waals surface area contributed by atoms with E-state index in [0.717, 1.165) is 18.9 Å². The highest BCUT2D eigenvalue weighted by Crippen LogP contribution is 2.31. The van der Waals surface area contributed by atoms with Gasteiger partial charge in [-0.25, -0.2) is 0 Å². The predicted octanol–water partition coefficient (Wildman–Crippen LogP) is 2.33. The second-order valence-corrected chi connectivity index (χ2v) is 4.83. The van der Waals surface area contributed by atoms with Crippen LogP contribution < -0.4 is 0 Å². The van der Waals surface area contributed by atoms with E-state index >= 15 is 0 Å². The molecule has 1 saturated carbocycles. The molecule has 0 aliphatic heterocycles. The second-order valence-electron chi connectivity index (χ2n) is 4.83. The Morgan fingerprint density at radius 3 is 2.67 bits per heavy atom. The fraction of sp³-hybridized carbons (Fsp3) is 0.846. The van der Waals surface area contributed by atoms with Crippen molar-refractivity contribution < 1.29 is 5.11 Å². The molecule has 0 aromatic carbocycles. The lowest BCUT2D eigenvalue weighted by atomic mass is 10.0. The molecule has 0 bridgehead atoms. The number of aliphatic hydroxyl groups is 1. The van der Waals surface area contributed by atoms with Crippen LogP contribution in [0.25, 0.3) is 0 Å². The lowest BCUT2D eigenvalue weighted by Gasteiger charge is -2.31. The average Bonchev–Trinajstić information content (AvgIpc) is 3.10. The topological polar surface area (TPSA) is 23.5 Å². The van der Waals surface area contributed by atoms with Gasteiger partial charge in [-0.15, -0.1) is 0 Å². The zero-order chi connectivity index (χ0) is 10.5. The van der Waals surface area contributed by atoms with Crippen LogP contribution in [-0.4, -0.2) is 35.2 Å². The Morgan fingerprint density at radius 2 is 2.07 bits per heavy atom. The summed E-state index contributed by atoms with van der Waals surface area (Å²) in [5, 5.41) is 8.81. The van der Waals surface area contributed by atoms with Crippen molar-refractivity contribution in [2.45, 2.75) is 57.0 Å². The van der Waals surface area contributed by atoms with Crippen LogP contribution in [0.15, 0.2) is 12.2 Å². The summed E-state index contributed by atoms with van der Waals surface area (Å²) in [5.41, 5.74) is 0. The Labute approximate surface area is 93.0 Å². The lowest BCUT2D eigenvalue weighted by Crippen LogP contribution is -2.37. The van der Waals surface area contributed by atoms with Crippen molar-refractivity contribution in [3.8, 4) is 0 Å². The summed E-state index contributed by atoms with van der Waals surface area (Å²) in [6, 6.07) is 1.56. The molecular formula is C13H23NO. The summed E-state index contributed by atoms with van der Waals surface area (Å²) in [6.07, 6.45) is 13.6. The third-order valence-electron chi connectivity index (χ3n) is 3.50. The van der Waals surface area contributed by atoms with Crippen LogP contribution >= 0.6 is 0 Å². The molecule has 0 amide bonds. The smallest absolute Gasteiger partial charge is 0.0431 e. The average molecular weight is 209 g/mol. The molecule has 2 rings (SSSR count). The van der Waals surface area contributed by atoms with Gasteiger partial charge in [0.2, 0.25) is 0 Å². The van der Waals surface area contributed by atoms with Crippen LogP contribution in [-0.2, 0) is 0 Å². The minimum absolute atomic E-state index is 0.346. The van der Waals surface area contributed by atoms with Gasteiger partial charge in [-0.3, -0.25) is 4.90 Å². The van der Waals surface area contributed by atoms with Crippen LogP contribution in [0.3, 0.4) is 0 Å². The maximum absolute atomic E-state index is 8.81. The maximum atomic E-state index is 8.81. The molecule has 86 valence electrons. The van der Waals surface area contributed by atoms with Crippen molar-refractivity contribution in [1.82, 2.24) is 4.90 Å². The summed E-state index contributed by atoms with van der Waals surface area (Å²) in [4.78, 5) is 2.67. The summed E-state index contributed by atoms with van der Waals surface area (Å²) in [5.74, 6) is 0. The molecule has 0 heterocycles. The Balaban J connectivity index is 1.81. The molecule has 15 heavy (non-hydrogen) atoms. The standard InChI is InChI=1S/C13H23NO/c15-11-5-4-10-14(13-8-9-13)12-6-2-1-3-7-12/h2,6,12-13,15H,1,3-5,7-11H2. The molecule has 1 fully saturated rings. The molecular weight excluding hydrogens is 186 g/mol. The zero-order valence-corrected chi connectivity index (χ0v) is 9.57. The highest BCUT2D eigenvalue weighted by atomic mass is 16.2. The van der Waals surface area contributed by atoms with E-state index in [1.165, 1.54) is 38.6 Å². The van der Waals surface area contributed by atoms with Crippen molar-refractivity contribution in [3.05, 3.63) is 12.2 Å². The minimum Gasteiger partial charge on any atom is -0.396 e. The SMILES string of the molecule is OCCCCN(C1C=CCCC1)C1CC1. The highest BCUT2D eigenvalue weighted by molar-refractivity contribution is 5.02. The summed E-state index contributed by atoms with van der Waals surface area (Å²) in [6.45, 7) is 1.53. The Morgan fingerprint density at radius 1 is 1.20 bits per heavy atom. The van der Waals surface area contributed by atoms with Crippen LogP contribution in [0.1, 0.15) is 44.9 Å². The molecule has 2 aliphatic rings. The van der Waals surface area contributed by atoms with Crippen LogP contribution in [0.2, 0.25) is 0 Å². The number of rotatable bonds is 6. The first-order valence-corrected chi connectivity index (χ1v) is 6.45. The van der Waals surface area contributed by atoms with Gasteiger partial charge in [0, 0.05) is 18.7 Å². The van der Waals surface area contributed by atoms with Crippen molar-refractivity contribution in [3.63, 3.8) is 0 Å². The van der Waals surface area contributed by atoms with E-state index in [9.17, 15) is 0 Å². The van der Waals surface area contributed by atoms with Crippen molar-refractivity contribution >= 4 is 0 Å². The molecule has 2 nitrogen and oxygen atoms in total. The van der Waals surface area contributed by atoms with Crippen molar-refractivity contribution in [2.75, 3.05) is 13.2 Å². The first-order valence-electron chi connectivity index (χ1n) is 6.45. The normalized spacial score (nSPS) is 26.1. The first kappa shape index (κ1) is 11.2. The van der Waals surface area contributed by atoms with Gasteiger partial charge in [0.05, 0.1) is 0 Å². The fourth-order valence-electron chi connectivity index (χ4n) is 2.50. The number of hydrogen-bond donors (Lipinski definition) is 1. The van der Waals surface area contributed by atoms with E-state index in [-0.39, 0.29) is 0 Å². The summed E-state index contributed by atoms with van der Waals surface area (Å²) >= 11 is 0. The molecule has 1 N–H and O–H groups in total. The van der Waals surface area contributed by atoms with Crippen LogP contribution in [0, 0.1) is 0 Å². The van der Waals surface area contributed by atoms with E-state index in [1.54, 1.807) is 0 Å². The van der Waals surface area contributed by atoms with Gasteiger partial charge in [0.1, 0.15) is 0 Å². The molecule has 0 aromatic rings. The summed E-state index contributed by atoms with van der Waals surface area (Å²) < 4.78 is 0. The van der Waals surface area contributed by atoms with Crippen molar-refractivity contribution in [2.24, 2.45) is 0 Å². The Hall–Kier alpha value is -0.340. The molecule has 0 aromatic heterocycles. The number of nitrogens with zero attached hydrogens (tertiary/aromatic N) is 1. The molecule has 2 heteroatoms. The molecule has 1 unspecified atom stereocenters. The van der Waals surface area contributed by atoms with Crippen LogP contribution in [0.5, 0.6) is 0 Å². The maximum Gasteiger partial charge on any atom is 0.0431 e. The van der Waals surface area contributed by atoms with E-state index in [2.05, 4.69) is 17.1 Å². The number of allylic oxidation sites excluding steroid dienone is 1. The fourth-order valence-corrected chi connectivity index (χ4v) is 2.50. The molecule has 2 aliphatic carbocycles. The third kappa shape index (κ3) is 3.32. The van der Waals surface area contributed by atoms with Gasteiger partial charge in [0.25, 0.3) is 0 Å². The third-order valence-corrected chi connectivity index (χ3v) is 3.50. The quantitative estimate of drug-likeness (QED) is 0.536. The van der Waals surface area contributed by atoms with Gasteiger partial charge in [-0.2, -0.15) is 0 Å². The van der Waals surface area contributed by atoms with Gasteiger partial charge in [0.15, 0.2) is 0 Å². The monoisotopic (exact) mass is 209 g/mol. The van der Waals surface area contributed by atoms with E-state index in [1.807, 2.05) is 0 Å². The Bertz CT molecular complexity index is 211. The number of hydrogen-bond acceptors (Lipinski definition) is 2. The predicted molar refractivity (Wildman–Crippen MR) is 62.8 cm³/mol. The van der Waals surface area contributed by atoms with E-state index in [4.69, 9.17) is 5.11 Å². The number of unbranched alkanes of at least 4 members (excludes halogenated alkanes) is 1. The first-order chi connectivity index (χ1) is 7.42. The molecule has 0 saturated heterocycles. The second kappa shape index (κ2) is 5.66. The van der Waals surface area contributed by atoms with E-state index in [0.29, 0.717) is 12.6 Å². The van der Waals surface area contributed by atoms with Gasteiger partial charge in [-0.1, -0.05) is 12.2 Å². The largest absolute Gasteiger partial charge is 0.396 e.